The number of hydrogen-bond donors (Lipinski definition) is 4. The summed E-state index contributed by atoms with van der Waals surface area (Å²) in [4.78, 5) is 34.3. The molecular weight excluding hydrogens is 340 g/mol. The van der Waals surface area contributed by atoms with Crippen molar-refractivity contribution in [3.8, 4) is 5.75 Å². The third-order valence-corrected chi connectivity index (χ3v) is 3.40. The number of carboxylic acid groups (broad SMARTS) is 1. The van der Waals surface area contributed by atoms with Gasteiger partial charge in [-0.2, -0.15) is 0 Å². The van der Waals surface area contributed by atoms with Crippen LogP contribution in [0.25, 0.3) is 0 Å². The van der Waals surface area contributed by atoms with Gasteiger partial charge in [0.1, 0.15) is 29.6 Å². The minimum atomic E-state index is -1.91. The van der Waals surface area contributed by atoms with E-state index in [-0.39, 0.29) is 11.3 Å². The third-order valence-electron chi connectivity index (χ3n) is 3.40. The quantitative estimate of drug-likeness (QED) is 0.375. The summed E-state index contributed by atoms with van der Waals surface area (Å²) < 4.78 is 14.6. The van der Waals surface area contributed by atoms with Gasteiger partial charge in [0.05, 0.1) is 0 Å². The highest BCUT2D eigenvalue weighted by atomic mass is 16.7. The molecule has 25 heavy (non-hydrogen) atoms. The summed E-state index contributed by atoms with van der Waals surface area (Å²) in [6, 6.07) is 5.56. The number of ether oxygens (including phenoxy) is 3. The molecule has 5 atom stereocenters. The lowest BCUT2D eigenvalue weighted by Gasteiger charge is -2.37. The second-order valence-electron chi connectivity index (χ2n) is 5.23. The highest BCUT2D eigenvalue weighted by Gasteiger charge is 2.48. The van der Waals surface area contributed by atoms with Gasteiger partial charge in [0, 0.05) is 6.92 Å². The van der Waals surface area contributed by atoms with Crippen LogP contribution in [0, 0.1) is 0 Å². The Labute approximate surface area is 141 Å². The number of benzene rings is 1. The van der Waals surface area contributed by atoms with Crippen LogP contribution in [0.15, 0.2) is 24.3 Å². The molecule has 1 aromatic carbocycles. The Morgan fingerprint density at radius 1 is 1.04 bits per heavy atom. The molecule has 1 aliphatic heterocycles. The predicted octanol–water partition coefficient (Wildman–Crippen LogP) is -1.34. The summed E-state index contributed by atoms with van der Waals surface area (Å²) in [5.74, 6) is -3.49. The van der Waals surface area contributed by atoms with Crippen molar-refractivity contribution < 1.29 is 49.0 Å². The minimum Gasteiger partial charge on any atom is -0.479 e. The molecule has 1 aliphatic rings. The number of para-hydroxylation sites is 1. The number of hydrogen-bond acceptors (Lipinski definition) is 9. The second kappa shape index (κ2) is 7.57. The average molecular weight is 356 g/mol. The summed E-state index contributed by atoms with van der Waals surface area (Å²) in [6.45, 7) is 1.13. The van der Waals surface area contributed by atoms with E-state index in [1.807, 2.05) is 0 Å². The monoisotopic (exact) mass is 356 g/mol. The van der Waals surface area contributed by atoms with Gasteiger partial charge in [0.2, 0.25) is 6.29 Å². The molecule has 0 radical (unpaired) electrons. The van der Waals surface area contributed by atoms with Crippen molar-refractivity contribution >= 4 is 17.9 Å². The van der Waals surface area contributed by atoms with Crippen LogP contribution in [-0.4, -0.2) is 69.0 Å². The van der Waals surface area contributed by atoms with Crippen LogP contribution in [0.2, 0.25) is 0 Å². The zero-order chi connectivity index (χ0) is 18.7. The number of aliphatic carboxylic acids is 1. The third kappa shape index (κ3) is 4.12. The van der Waals surface area contributed by atoms with E-state index < -0.39 is 48.6 Å². The highest BCUT2D eigenvalue weighted by Crippen LogP contribution is 2.25. The molecule has 10 heteroatoms. The van der Waals surface area contributed by atoms with E-state index >= 15 is 0 Å². The Balaban J connectivity index is 2.19. The van der Waals surface area contributed by atoms with Crippen LogP contribution in [0.1, 0.15) is 17.3 Å². The first-order valence-electron chi connectivity index (χ1n) is 7.13. The van der Waals surface area contributed by atoms with Gasteiger partial charge < -0.3 is 34.6 Å². The Morgan fingerprint density at radius 2 is 1.68 bits per heavy atom. The molecule has 136 valence electrons. The SMILES string of the molecule is CC(=O)Oc1ccccc1C(=O)O[C@@H]1O[C@H](C(=O)O)[C@@H](O)[C@H](O)[C@@H]1O. The molecule has 1 saturated heterocycles. The standard InChI is InChI=1S/C15H16O10/c1-6(16)23-8-5-3-2-4-7(8)14(22)25-15-11(19)9(17)10(18)12(24-15)13(20)21/h2-5,9-12,15,17-19H,1H3,(H,20,21)/t9-,10-,11-,12-,15-/m0/s1. The topological polar surface area (TPSA) is 160 Å². The van der Waals surface area contributed by atoms with Gasteiger partial charge in [-0.25, -0.2) is 9.59 Å². The lowest BCUT2D eigenvalue weighted by molar-refractivity contribution is -0.278. The molecule has 1 fully saturated rings. The number of esters is 2. The molecule has 1 aromatic rings. The average Bonchev–Trinajstić information content (AvgIpc) is 2.54. The normalized spacial score (nSPS) is 28.9. The van der Waals surface area contributed by atoms with Crippen molar-refractivity contribution in [3.63, 3.8) is 0 Å². The summed E-state index contributed by atoms with van der Waals surface area (Å²) in [7, 11) is 0. The van der Waals surface area contributed by atoms with Crippen LogP contribution >= 0.6 is 0 Å². The summed E-state index contributed by atoms with van der Waals surface area (Å²) >= 11 is 0. The Hall–Kier alpha value is -2.53. The van der Waals surface area contributed by atoms with Gasteiger partial charge in [0.25, 0.3) is 0 Å². The fraction of sp³-hybridized carbons (Fsp3) is 0.400. The van der Waals surface area contributed by atoms with Gasteiger partial charge in [-0.1, -0.05) is 12.1 Å². The van der Waals surface area contributed by atoms with E-state index in [1.54, 1.807) is 0 Å². The van der Waals surface area contributed by atoms with E-state index in [9.17, 15) is 29.7 Å². The number of aliphatic hydroxyl groups is 3. The van der Waals surface area contributed by atoms with Crippen molar-refractivity contribution in [2.24, 2.45) is 0 Å². The van der Waals surface area contributed by atoms with Crippen LogP contribution in [-0.2, 0) is 19.1 Å². The van der Waals surface area contributed by atoms with Crippen LogP contribution < -0.4 is 4.74 Å². The Morgan fingerprint density at radius 3 is 2.28 bits per heavy atom. The first-order valence-corrected chi connectivity index (χ1v) is 7.13. The van der Waals surface area contributed by atoms with E-state index in [0.717, 1.165) is 6.92 Å². The lowest BCUT2D eigenvalue weighted by atomic mass is 9.99. The highest BCUT2D eigenvalue weighted by molar-refractivity contribution is 5.93. The van der Waals surface area contributed by atoms with Gasteiger partial charge in [-0.15, -0.1) is 0 Å². The van der Waals surface area contributed by atoms with Crippen molar-refractivity contribution in [1.82, 2.24) is 0 Å². The number of carboxylic acids is 1. The van der Waals surface area contributed by atoms with Crippen molar-refractivity contribution in [1.29, 1.82) is 0 Å². The minimum absolute atomic E-state index is 0.110. The van der Waals surface area contributed by atoms with E-state index in [2.05, 4.69) is 0 Å². The molecule has 1 heterocycles. The number of carbonyl (C=O) groups is 3. The van der Waals surface area contributed by atoms with E-state index in [4.69, 9.17) is 19.3 Å². The number of rotatable bonds is 4. The molecular formula is C15H16O10. The van der Waals surface area contributed by atoms with Crippen LogP contribution in [0.3, 0.4) is 0 Å². The Bertz CT molecular complexity index is 672. The predicted molar refractivity (Wildman–Crippen MR) is 77.5 cm³/mol. The fourth-order valence-corrected chi connectivity index (χ4v) is 2.20. The molecule has 0 amide bonds. The van der Waals surface area contributed by atoms with E-state index in [0.29, 0.717) is 0 Å². The van der Waals surface area contributed by atoms with Crippen molar-refractivity contribution in [2.75, 3.05) is 0 Å². The molecule has 0 aromatic heterocycles. The largest absolute Gasteiger partial charge is 0.479 e. The zero-order valence-corrected chi connectivity index (χ0v) is 12.9. The number of aliphatic hydroxyl groups excluding tert-OH is 3. The second-order valence-corrected chi connectivity index (χ2v) is 5.23. The zero-order valence-electron chi connectivity index (χ0n) is 12.9. The maximum atomic E-state index is 12.2. The molecule has 2 rings (SSSR count). The maximum Gasteiger partial charge on any atom is 0.344 e. The van der Waals surface area contributed by atoms with Gasteiger partial charge in [-0.3, -0.25) is 4.79 Å². The first kappa shape index (κ1) is 18.8. The Kier molecular flexibility index (Phi) is 5.69. The van der Waals surface area contributed by atoms with Gasteiger partial charge in [0.15, 0.2) is 6.10 Å². The molecule has 10 nitrogen and oxygen atoms in total. The summed E-state index contributed by atoms with van der Waals surface area (Å²) in [6.07, 6.45) is -9.44. The summed E-state index contributed by atoms with van der Waals surface area (Å²) in [5.41, 5.74) is -0.180. The van der Waals surface area contributed by atoms with Crippen molar-refractivity contribution in [2.45, 2.75) is 37.6 Å². The van der Waals surface area contributed by atoms with Crippen LogP contribution in [0.5, 0.6) is 5.75 Å². The smallest absolute Gasteiger partial charge is 0.344 e. The van der Waals surface area contributed by atoms with Gasteiger partial charge in [-0.05, 0) is 12.1 Å². The first-order chi connectivity index (χ1) is 11.7. The number of carbonyl (C=O) groups excluding carboxylic acids is 2. The van der Waals surface area contributed by atoms with E-state index in [1.165, 1.54) is 24.3 Å². The molecule has 0 unspecified atom stereocenters. The van der Waals surface area contributed by atoms with Crippen LogP contribution in [0.4, 0.5) is 0 Å². The summed E-state index contributed by atoms with van der Waals surface area (Å²) in [5, 5.41) is 38.0. The molecule has 0 aliphatic carbocycles. The van der Waals surface area contributed by atoms with Crippen molar-refractivity contribution in [3.05, 3.63) is 29.8 Å². The molecule has 4 N–H and O–H groups in total. The van der Waals surface area contributed by atoms with Gasteiger partial charge >= 0.3 is 17.9 Å². The maximum absolute atomic E-state index is 12.2. The molecule has 0 saturated carbocycles. The lowest BCUT2D eigenvalue weighted by Crippen LogP contribution is -2.60. The fourth-order valence-electron chi connectivity index (χ4n) is 2.20. The molecule has 0 bridgehead atoms. The molecule has 0 spiro atoms.